The fraction of sp³-hybridized carbons (Fsp3) is 0.462. The molecule has 1 aromatic carbocycles. The molecule has 37 heavy (non-hydrogen) atoms. The largest absolute Gasteiger partial charge is 0.416 e. The maximum atomic E-state index is 12.9. The Morgan fingerprint density at radius 2 is 1.95 bits per heavy atom. The third-order valence-corrected chi connectivity index (χ3v) is 7.40. The van der Waals surface area contributed by atoms with Crippen LogP contribution in [0.3, 0.4) is 0 Å². The number of aliphatic hydroxyl groups is 1. The number of halogens is 3. The fourth-order valence-corrected chi connectivity index (χ4v) is 5.33. The summed E-state index contributed by atoms with van der Waals surface area (Å²) in [5.41, 5.74) is -1.85. The first-order chi connectivity index (χ1) is 17.5. The molecule has 2 amide bonds. The summed E-state index contributed by atoms with van der Waals surface area (Å²) in [5, 5.41) is 28.9. The van der Waals surface area contributed by atoms with Crippen molar-refractivity contribution in [1.29, 1.82) is 5.26 Å². The second kappa shape index (κ2) is 10.5. The monoisotopic (exact) mass is 515 g/mol. The molecule has 1 aliphatic heterocycles. The first-order valence-corrected chi connectivity index (χ1v) is 12.1. The molecule has 0 spiro atoms. The highest BCUT2D eigenvalue weighted by atomic mass is 19.4. The van der Waals surface area contributed by atoms with Gasteiger partial charge in [-0.25, -0.2) is 0 Å². The molecule has 2 aliphatic rings. The van der Waals surface area contributed by atoms with Crippen molar-refractivity contribution < 1.29 is 27.9 Å². The van der Waals surface area contributed by atoms with Crippen LogP contribution in [0.1, 0.15) is 59.3 Å². The predicted octanol–water partition coefficient (Wildman–Crippen LogP) is 2.63. The third kappa shape index (κ3) is 5.92. The van der Waals surface area contributed by atoms with Gasteiger partial charge in [0, 0.05) is 18.3 Å². The summed E-state index contributed by atoms with van der Waals surface area (Å²) in [6.07, 6.45) is -0.291. The molecule has 1 aromatic heterocycles. The van der Waals surface area contributed by atoms with Gasteiger partial charge in [-0.1, -0.05) is 6.07 Å². The van der Waals surface area contributed by atoms with E-state index in [9.17, 15) is 27.9 Å². The third-order valence-electron chi connectivity index (χ3n) is 7.40. The number of nitrogens with one attached hydrogen (secondary N) is 3. The Balaban J connectivity index is 1.36. The lowest BCUT2D eigenvalue weighted by Crippen LogP contribution is -2.58. The standard InChI is InChI=1S/C26H28F3N5O3/c27-26(28,29)20-3-1-2-18(12-20)23(36)33-15-22(35)34-24(10-11-31-16-24)19-6-8-25(37,9-7-19)21-5-4-17(13-30)14-32-21/h1-5,12,14,19,31,37H,6-11,15-16H2,(H,33,36)(H,34,35)/t19?,24-,25?/m0/s1. The molecule has 0 radical (unpaired) electrons. The molecular weight excluding hydrogens is 487 g/mol. The minimum absolute atomic E-state index is 0.0734. The van der Waals surface area contributed by atoms with E-state index in [4.69, 9.17) is 5.26 Å². The molecule has 4 rings (SSSR count). The van der Waals surface area contributed by atoms with Crippen LogP contribution in [0.25, 0.3) is 0 Å². The van der Waals surface area contributed by atoms with Crippen LogP contribution in [-0.2, 0) is 16.6 Å². The molecule has 4 N–H and O–H groups in total. The molecule has 1 saturated carbocycles. The van der Waals surface area contributed by atoms with Crippen molar-refractivity contribution in [2.45, 2.75) is 49.4 Å². The van der Waals surface area contributed by atoms with E-state index in [2.05, 4.69) is 20.9 Å². The zero-order valence-corrected chi connectivity index (χ0v) is 20.1. The van der Waals surface area contributed by atoms with Crippen LogP contribution in [0.2, 0.25) is 0 Å². The number of aromatic nitrogens is 1. The average molecular weight is 516 g/mol. The topological polar surface area (TPSA) is 127 Å². The summed E-state index contributed by atoms with van der Waals surface area (Å²) < 4.78 is 38.8. The molecule has 2 heterocycles. The number of hydrogen-bond donors (Lipinski definition) is 4. The van der Waals surface area contributed by atoms with Gasteiger partial charge in [0.1, 0.15) is 11.7 Å². The van der Waals surface area contributed by atoms with Crippen molar-refractivity contribution in [2.75, 3.05) is 19.6 Å². The molecule has 0 unspecified atom stereocenters. The molecule has 1 saturated heterocycles. The molecule has 2 aromatic rings. The van der Waals surface area contributed by atoms with Gasteiger partial charge in [-0.15, -0.1) is 0 Å². The van der Waals surface area contributed by atoms with Gasteiger partial charge in [0.25, 0.3) is 5.91 Å². The first kappa shape index (κ1) is 26.6. The van der Waals surface area contributed by atoms with Crippen LogP contribution in [0, 0.1) is 17.2 Å². The summed E-state index contributed by atoms with van der Waals surface area (Å²) in [6, 6.07) is 9.34. The number of hydrogen-bond acceptors (Lipinski definition) is 6. The van der Waals surface area contributed by atoms with Crippen molar-refractivity contribution in [3.8, 4) is 6.07 Å². The summed E-state index contributed by atoms with van der Waals surface area (Å²) in [7, 11) is 0. The van der Waals surface area contributed by atoms with E-state index in [1.807, 2.05) is 6.07 Å². The lowest BCUT2D eigenvalue weighted by atomic mass is 9.68. The maximum Gasteiger partial charge on any atom is 0.416 e. The van der Waals surface area contributed by atoms with E-state index in [0.717, 1.165) is 18.2 Å². The normalized spacial score (nSPS) is 25.8. The van der Waals surface area contributed by atoms with E-state index in [-0.39, 0.29) is 18.0 Å². The SMILES string of the molecule is N#Cc1ccc(C2(O)CCC([C@]3(NC(=O)CNC(=O)c4cccc(C(F)(F)F)c4)CCNC3)CC2)nc1. The van der Waals surface area contributed by atoms with Crippen LogP contribution >= 0.6 is 0 Å². The van der Waals surface area contributed by atoms with Crippen molar-refractivity contribution in [3.63, 3.8) is 0 Å². The summed E-state index contributed by atoms with van der Waals surface area (Å²) in [6.45, 7) is 0.871. The molecule has 8 nitrogen and oxygen atoms in total. The van der Waals surface area contributed by atoms with Crippen LogP contribution in [0.5, 0.6) is 0 Å². The van der Waals surface area contributed by atoms with Gasteiger partial charge < -0.3 is 21.1 Å². The van der Waals surface area contributed by atoms with Gasteiger partial charge in [-0.3, -0.25) is 14.6 Å². The van der Waals surface area contributed by atoms with E-state index in [1.54, 1.807) is 12.1 Å². The quantitative estimate of drug-likeness (QED) is 0.469. The Morgan fingerprint density at radius 3 is 2.54 bits per heavy atom. The Labute approximate surface area is 212 Å². The number of benzene rings is 1. The number of amides is 2. The number of pyridine rings is 1. The Kier molecular flexibility index (Phi) is 7.52. The molecule has 11 heteroatoms. The predicted molar refractivity (Wildman–Crippen MR) is 127 cm³/mol. The highest BCUT2D eigenvalue weighted by molar-refractivity contribution is 5.96. The molecule has 1 atom stereocenters. The minimum Gasteiger partial charge on any atom is -0.384 e. The van der Waals surface area contributed by atoms with Crippen molar-refractivity contribution in [2.24, 2.45) is 5.92 Å². The van der Waals surface area contributed by atoms with Gasteiger partial charge in [0.2, 0.25) is 5.91 Å². The number of carbonyl (C=O) groups excluding carboxylic acids is 2. The number of nitrogens with zero attached hydrogens (tertiary/aromatic N) is 2. The number of rotatable bonds is 6. The second-order valence-electron chi connectivity index (χ2n) is 9.74. The smallest absolute Gasteiger partial charge is 0.384 e. The zero-order valence-electron chi connectivity index (χ0n) is 20.1. The van der Waals surface area contributed by atoms with Gasteiger partial charge in [-0.05, 0) is 74.9 Å². The summed E-state index contributed by atoms with van der Waals surface area (Å²) in [4.78, 5) is 29.4. The van der Waals surface area contributed by atoms with Crippen LogP contribution in [-0.4, -0.2) is 47.1 Å². The van der Waals surface area contributed by atoms with Gasteiger partial charge >= 0.3 is 6.18 Å². The molecule has 2 fully saturated rings. The van der Waals surface area contributed by atoms with Crippen LogP contribution < -0.4 is 16.0 Å². The van der Waals surface area contributed by atoms with E-state index < -0.39 is 34.7 Å². The number of carbonyl (C=O) groups is 2. The average Bonchev–Trinajstić information content (AvgIpc) is 3.36. The maximum absolute atomic E-state index is 12.9. The lowest BCUT2D eigenvalue weighted by molar-refractivity contribution is -0.137. The van der Waals surface area contributed by atoms with E-state index in [0.29, 0.717) is 56.5 Å². The highest BCUT2D eigenvalue weighted by Crippen LogP contribution is 2.44. The summed E-state index contributed by atoms with van der Waals surface area (Å²) >= 11 is 0. The van der Waals surface area contributed by atoms with Crippen molar-refractivity contribution in [3.05, 3.63) is 65.0 Å². The molecular formula is C26H28F3N5O3. The van der Waals surface area contributed by atoms with Crippen molar-refractivity contribution in [1.82, 2.24) is 20.9 Å². The molecule has 0 bridgehead atoms. The fourth-order valence-electron chi connectivity index (χ4n) is 5.33. The number of nitriles is 1. The lowest BCUT2D eigenvalue weighted by Gasteiger charge is -2.44. The van der Waals surface area contributed by atoms with Gasteiger partial charge in [-0.2, -0.15) is 18.4 Å². The Bertz CT molecular complexity index is 1180. The van der Waals surface area contributed by atoms with Gasteiger partial charge in [0.15, 0.2) is 0 Å². The molecule has 1 aliphatic carbocycles. The minimum atomic E-state index is -4.57. The van der Waals surface area contributed by atoms with E-state index in [1.165, 1.54) is 12.3 Å². The van der Waals surface area contributed by atoms with Crippen molar-refractivity contribution >= 4 is 11.8 Å². The Morgan fingerprint density at radius 1 is 1.19 bits per heavy atom. The van der Waals surface area contributed by atoms with Crippen LogP contribution in [0.15, 0.2) is 42.6 Å². The Hall–Kier alpha value is -3.49. The first-order valence-electron chi connectivity index (χ1n) is 12.1. The van der Waals surface area contributed by atoms with Crippen LogP contribution in [0.4, 0.5) is 13.2 Å². The van der Waals surface area contributed by atoms with Gasteiger partial charge in [0.05, 0.1) is 28.9 Å². The second-order valence-corrected chi connectivity index (χ2v) is 9.74. The zero-order chi connectivity index (χ0) is 26.7. The highest BCUT2D eigenvalue weighted by Gasteiger charge is 2.47. The number of alkyl halides is 3. The summed E-state index contributed by atoms with van der Waals surface area (Å²) in [5.74, 6) is -1.12. The van der Waals surface area contributed by atoms with E-state index >= 15 is 0 Å². The molecule has 196 valence electrons.